The summed E-state index contributed by atoms with van der Waals surface area (Å²) in [5, 5.41) is 14.5. The summed E-state index contributed by atoms with van der Waals surface area (Å²) >= 11 is 0. The van der Waals surface area contributed by atoms with E-state index in [0.29, 0.717) is 12.2 Å². The second kappa shape index (κ2) is 6.26. The molecule has 21 heavy (non-hydrogen) atoms. The van der Waals surface area contributed by atoms with Crippen LogP contribution in [0.4, 0.5) is 17.1 Å². The Balaban J connectivity index is 2.20. The summed E-state index contributed by atoms with van der Waals surface area (Å²) in [4.78, 5) is 12.6. The maximum absolute atomic E-state index is 11.2. The molecule has 2 rings (SSSR count). The van der Waals surface area contributed by atoms with Gasteiger partial charge in [0, 0.05) is 32.4 Å². The first kappa shape index (κ1) is 14.8. The van der Waals surface area contributed by atoms with Crippen LogP contribution in [-0.2, 0) is 6.54 Å². The number of anilines is 2. The number of hydrogen-bond acceptors (Lipinski definition) is 4. The van der Waals surface area contributed by atoms with Gasteiger partial charge in [-0.2, -0.15) is 0 Å². The Kier molecular flexibility index (Phi) is 4.42. The number of rotatable bonds is 5. The first-order valence-corrected chi connectivity index (χ1v) is 6.73. The monoisotopic (exact) mass is 285 g/mol. The Labute approximate surface area is 124 Å². The molecular formula is C16H19N3O2. The molecule has 1 N–H and O–H groups in total. The highest BCUT2D eigenvalue weighted by Gasteiger charge is 2.15. The van der Waals surface area contributed by atoms with Gasteiger partial charge >= 0.3 is 0 Å². The van der Waals surface area contributed by atoms with Crippen molar-refractivity contribution >= 4 is 17.1 Å². The van der Waals surface area contributed by atoms with Crippen LogP contribution in [0.15, 0.2) is 42.5 Å². The smallest absolute Gasteiger partial charge is 0.292 e. The molecule has 0 aromatic heterocycles. The van der Waals surface area contributed by atoms with Crippen LogP contribution in [0.5, 0.6) is 0 Å². The van der Waals surface area contributed by atoms with Gasteiger partial charge in [0.2, 0.25) is 0 Å². The lowest BCUT2D eigenvalue weighted by molar-refractivity contribution is -0.384. The molecule has 0 aliphatic carbocycles. The third-order valence-corrected chi connectivity index (χ3v) is 3.35. The predicted octanol–water partition coefficient (Wildman–Crippen LogP) is 3.58. The third-order valence-electron chi connectivity index (χ3n) is 3.35. The lowest BCUT2D eigenvalue weighted by atomic mass is 10.1. The van der Waals surface area contributed by atoms with Gasteiger partial charge in [0.15, 0.2) is 0 Å². The standard InChI is InChI=1S/C16H19N3O2/c1-12-6-4-5-7-14(12)17-11-13-8-9-15(18(2)3)16(10-13)19(20)21/h4-10,17H,11H2,1-3H3. The number of aryl methyl sites for hydroxylation is 1. The zero-order valence-electron chi connectivity index (χ0n) is 12.5. The second-order valence-electron chi connectivity index (χ2n) is 5.14. The predicted molar refractivity (Wildman–Crippen MR) is 85.9 cm³/mol. The number of nitrogens with one attached hydrogen (secondary N) is 1. The van der Waals surface area contributed by atoms with E-state index in [1.807, 2.05) is 37.3 Å². The molecule has 0 bridgehead atoms. The quantitative estimate of drug-likeness (QED) is 0.674. The lowest BCUT2D eigenvalue weighted by Crippen LogP contribution is -2.11. The number of benzene rings is 2. The highest BCUT2D eigenvalue weighted by molar-refractivity contribution is 5.64. The molecule has 0 heterocycles. The van der Waals surface area contributed by atoms with Gasteiger partial charge in [-0.15, -0.1) is 0 Å². The zero-order chi connectivity index (χ0) is 15.4. The maximum atomic E-state index is 11.2. The van der Waals surface area contributed by atoms with Crippen molar-refractivity contribution in [2.45, 2.75) is 13.5 Å². The molecule has 5 heteroatoms. The highest BCUT2D eigenvalue weighted by Crippen LogP contribution is 2.28. The van der Waals surface area contributed by atoms with E-state index in [0.717, 1.165) is 16.8 Å². The summed E-state index contributed by atoms with van der Waals surface area (Å²) in [6, 6.07) is 13.3. The summed E-state index contributed by atoms with van der Waals surface area (Å²) in [6.07, 6.45) is 0. The topological polar surface area (TPSA) is 58.4 Å². The van der Waals surface area contributed by atoms with Crippen molar-refractivity contribution in [1.82, 2.24) is 0 Å². The summed E-state index contributed by atoms with van der Waals surface area (Å²) in [7, 11) is 3.60. The molecule has 2 aromatic carbocycles. The van der Waals surface area contributed by atoms with Gasteiger partial charge in [0.1, 0.15) is 5.69 Å². The van der Waals surface area contributed by atoms with Gasteiger partial charge in [-0.25, -0.2) is 0 Å². The average molecular weight is 285 g/mol. The van der Waals surface area contributed by atoms with Crippen molar-refractivity contribution in [1.29, 1.82) is 0 Å². The van der Waals surface area contributed by atoms with E-state index in [9.17, 15) is 10.1 Å². The van der Waals surface area contributed by atoms with E-state index in [1.165, 1.54) is 0 Å². The zero-order valence-corrected chi connectivity index (χ0v) is 12.5. The summed E-state index contributed by atoms with van der Waals surface area (Å²) in [5.74, 6) is 0. The van der Waals surface area contributed by atoms with Crippen LogP contribution in [-0.4, -0.2) is 19.0 Å². The molecule has 0 spiro atoms. The Hall–Kier alpha value is -2.56. The molecule has 110 valence electrons. The fraction of sp³-hybridized carbons (Fsp3) is 0.250. The number of nitro benzene ring substituents is 1. The van der Waals surface area contributed by atoms with Crippen molar-refractivity contribution in [3.05, 3.63) is 63.7 Å². The van der Waals surface area contributed by atoms with Crippen LogP contribution in [0.3, 0.4) is 0 Å². The number of nitrogens with zero attached hydrogens (tertiary/aromatic N) is 2. The van der Waals surface area contributed by atoms with E-state index in [4.69, 9.17) is 0 Å². The molecule has 2 aromatic rings. The minimum absolute atomic E-state index is 0.129. The lowest BCUT2D eigenvalue weighted by Gasteiger charge is -2.14. The Morgan fingerprint density at radius 3 is 2.52 bits per heavy atom. The van der Waals surface area contributed by atoms with Crippen molar-refractivity contribution in [3.63, 3.8) is 0 Å². The molecule has 0 unspecified atom stereocenters. The Bertz CT molecular complexity index is 654. The van der Waals surface area contributed by atoms with Gasteiger partial charge < -0.3 is 10.2 Å². The molecule has 5 nitrogen and oxygen atoms in total. The molecule has 0 atom stereocenters. The van der Waals surface area contributed by atoms with Crippen LogP contribution in [0, 0.1) is 17.0 Å². The number of nitro groups is 1. The van der Waals surface area contributed by atoms with Crippen molar-refractivity contribution < 1.29 is 4.92 Å². The largest absolute Gasteiger partial charge is 0.381 e. The van der Waals surface area contributed by atoms with Crippen molar-refractivity contribution in [2.24, 2.45) is 0 Å². The molecule has 0 aliphatic rings. The fourth-order valence-electron chi connectivity index (χ4n) is 2.17. The maximum Gasteiger partial charge on any atom is 0.292 e. The molecule has 0 radical (unpaired) electrons. The van der Waals surface area contributed by atoms with Crippen LogP contribution >= 0.6 is 0 Å². The van der Waals surface area contributed by atoms with Gasteiger partial charge in [0.05, 0.1) is 4.92 Å². The van der Waals surface area contributed by atoms with Crippen LogP contribution < -0.4 is 10.2 Å². The van der Waals surface area contributed by atoms with E-state index < -0.39 is 0 Å². The van der Waals surface area contributed by atoms with E-state index in [1.54, 1.807) is 31.1 Å². The van der Waals surface area contributed by atoms with Crippen LogP contribution in [0.25, 0.3) is 0 Å². The van der Waals surface area contributed by atoms with Gasteiger partial charge in [-0.05, 0) is 30.2 Å². The number of para-hydroxylation sites is 1. The average Bonchev–Trinajstić information content (AvgIpc) is 2.46. The van der Waals surface area contributed by atoms with Crippen molar-refractivity contribution in [3.8, 4) is 0 Å². The van der Waals surface area contributed by atoms with E-state index in [2.05, 4.69) is 5.32 Å². The van der Waals surface area contributed by atoms with Gasteiger partial charge in [0.25, 0.3) is 5.69 Å². The molecule has 0 aliphatic heterocycles. The van der Waals surface area contributed by atoms with Crippen LogP contribution in [0.1, 0.15) is 11.1 Å². The second-order valence-corrected chi connectivity index (χ2v) is 5.14. The SMILES string of the molecule is Cc1ccccc1NCc1ccc(N(C)C)c([N+](=O)[O-])c1. The van der Waals surface area contributed by atoms with Gasteiger partial charge in [-0.1, -0.05) is 24.3 Å². The Morgan fingerprint density at radius 1 is 1.19 bits per heavy atom. The fourth-order valence-corrected chi connectivity index (χ4v) is 2.17. The first-order chi connectivity index (χ1) is 9.99. The summed E-state index contributed by atoms with van der Waals surface area (Å²) < 4.78 is 0. The first-order valence-electron chi connectivity index (χ1n) is 6.73. The summed E-state index contributed by atoms with van der Waals surface area (Å²) in [5.41, 5.74) is 3.81. The third kappa shape index (κ3) is 3.51. The highest BCUT2D eigenvalue weighted by atomic mass is 16.6. The van der Waals surface area contributed by atoms with Crippen molar-refractivity contribution in [2.75, 3.05) is 24.3 Å². The molecule has 0 saturated heterocycles. The number of hydrogen-bond donors (Lipinski definition) is 1. The molecule has 0 fully saturated rings. The van der Waals surface area contributed by atoms with Crippen LogP contribution in [0.2, 0.25) is 0 Å². The van der Waals surface area contributed by atoms with E-state index >= 15 is 0 Å². The molecule has 0 saturated carbocycles. The van der Waals surface area contributed by atoms with E-state index in [-0.39, 0.29) is 10.6 Å². The normalized spacial score (nSPS) is 10.2. The minimum Gasteiger partial charge on any atom is -0.381 e. The molecule has 0 amide bonds. The van der Waals surface area contributed by atoms with Gasteiger partial charge in [-0.3, -0.25) is 10.1 Å². The summed E-state index contributed by atoms with van der Waals surface area (Å²) in [6.45, 7) is 2.58. The Morgan fingerprint density at radius 2 is 1.90 bits per heavy atom. The molecular weight excluding hydrogens is 266 g/mol. The minimum atomic E-state index is -0.341.